The van der Waals surface area contributed by atoms with Crippen LogP contribution >= 0.6 is 11.3 Å². The van der Waals surface area contributed by atoms with Gasteiger partial charge in [0.05, 0.1) is 12.2 Å². The Bertz CT molecular complexity index is 508. The van der Waals surface area contributed by atoms with Gasteiger partial charge in [-0.3, -0.25) is 14.5 Å². The van der Waals surface area contributed by atoms with Crippen molar-refractivity contribution in [1.82, 2.24) is 20.1 Å². The molecule has 3 N–H and O–H groups in total. The number of piperazine rings is 1. The second-order valence-corrected chi connectivity index (χ2v) is 5.74. The number of carbonyl (C=O) groups excluding carboxylic acids is 2. The molecule has 2 amide bonds. The zero-order chi connectivity index (χ0) is 14.7. The third-order valence-corrected chi connectivity index (χ3v) is 4.29. The van der Waals surface area contributed by atoms with E-state index in [9.17, 15) is 9.59 Å². The smallest absolute Gasteiger partial charge is 0.266 e. The molecule has 1 saturated heterocycles. The topological polar surface area (TPSA) is 91.6 Å². The van der Waals surface area contributed by atoms with Crippen LogP contribution in [-0.2, 0) is 4.79 Å². The highest BCUT2D eigenvalue weighted by molar-refractivity contribution is 7.17. The van der Waals surface area contributed by atoms with Crippen LogP contribution in [0.25, 0.3) is 0 Å². The van der Waals surface area contributed by atoms with E-state index in [1.807, 2.05) is 4.90 Å². The number of hydrogen-bond acceptors (Lipinski definition) is 6. The number of rotatable bonds is 3. The number of anilines is 1. The molecule has 110 valence electrons. The van der Waals surface area contributed by atoms with Gasteiger partial charge in [-0.25, -0.2) is 4.98 Å². The van der Waals surface area contributed by atoms with Gasteiger partial charge in [-0.2, -0.15) is 0 Å². The molecule has 1 aliphatic rings. The van der Waals surface area contributed by atoms with Gasteiger partial charge in [-0.15, -0.1) is 0 Å². The zero-order valence-electron chi connectivity index (χ0n) is 11.7. The molecule has 0 aromatic carbocycles. The fourth-order valence-electron chi connectivity index (χ4n) is 2.15. The molecule has 7 nitrogen and oxygen atoms in total. The molecular formula is C12H19N5O2S. The summed E-state index contributed by atoms with van der Waals surface area (Å²) in [6.07, 6.45) is 0. The van der Waals surface area contributed by atoms with Gasteiger partial charge in [-0.05, 0) is 6.92 Å². The van der Waals surface area contributed by atoms with Gasteiger partial charge in [0.2, 0.25) is 5.91 Å². The molecule has 1 fully saturated rings. The van der Waals surface area contributed by atoms with E-state index in [1.54, 1.807) is 18.9 Å². The van der Waals surface area contributed by atoms with Crippen molar-refractivity contribution < 1.29 is 9.59 Å². The highest BCUT2D eigenvalue weighted by Gasteiger charge is 2.25. The van der Waals surface area contributed by atoms with E-state index < -0.39 is 0 Å². The SMILES string of the molecule is CNC(=O)CN1CCN(C(=O)c2sc(N)nc2C)CC1. The minimum absolute atomic E-state index is 0.00384. The van der Waals surface area contributed by atoms with Crippen LogP contribution in [0.1, 0.15) is 15.4 Å². The van der Waals surface area contributed by atoms with Gasteiger partial charge in [0, 0.05) is 33.2 Å². The van der Waals surface area contributed by atoms with Crippen LogP contribution in [0, 0.1) is 6.92 Å². The van der Waals surface area contributed by atoms with Crippen molar-refractivity contribution in [2.24, 2.45) is 0 Å². The number of likely N-dealkylation sites (N-methyl/N-ethyl adjacent to an activating group) is 1. The first-order valence-electron chi connectivity index (χ1n) is 6.46. The Kier molecular flexibility index (Phi) is 4.56. The first-order valence-corrected chi connectivity index (χ1v) is 7.28. The second-order valence-electron chi connectivity index (χ2n) is 4.71. The summed E-state index contributed by atoms with van der Waals surface area (Å²) < 4.78 is 0. The van der Waals surface area contributed by atoms with Crippen LogP contribution in [0.4, 0.5) is 5.13 Å². The summed E-state index contributed by atoms with van der Waals surface area (Å²) in [4.78, 5) is 32.2. The van der Waals surface area contributed by atoms with E-state index in [0.29, 0.717) is 48.4 Å². The average molecular weight is 297 g/mol. The van der Waals surface area contributed by atoms with Crippen molar-refractivity contribution in [2.45, 2.75) is 6.92 Å². The lowest BCUT2D eigenvalue weighted by atomic mass is 10.2. The molecule has 0 atom stereocenters. The van der Waals surface area contributed by atoms with Gasteiger partial charge in [-0.1, -0.05) is 11.3 Å². The Labute approximate surface area is 121 Å². The standard InChI is InChI=1S/C12H19N5O2S/c1-8-10(20-12(13)15-8)11(19)17-5-3-16(4-6-17)7-9(18)14-2/h3-7H2,1-2H3,(H2,13,15)(H,14,18). The average Bonchev–Trinajstić information content (AvgIpc) is 2.77. The van der Waals surface area contributed by atoms with Gasteiger partial charge in [0.15, 0.2) is 5.13 Å². The molecule has 0 bridgehead atoms. The Morgan fingerprint density at radius 1 is 1.35 bits per heavy atom. The predicted octanol–water partition coefficient (Wildman–Crippen LogP) is -0.462. The zero-order valence-corrected chi connectivity index (χ0v) is 12.5. The normalized spacial score (nSPS) is 16.2. The number of carbonyl (C=O) groups is 2. The lowest BCUT2D eigenvalue weighted by molar-refractivity contribution is -0.122. The Balaban J connectivity index is 1.92. The van der Waals surface area contributed by atoms with Crippen molar-refractivity contribution >= 4 is 28.3 Å². The van der Waals surface area contributed by atoms with Crippen molar-refractivity contribution in [3.63, 3.8) is 0 Å². The maximum atomic E-state index is 12.4. The molecule has 0 spiro atoms. The maximum absolute atomic E-state index is 12.4. The molecule has 0 aliphatic carbocycles. The highest BCUT2D eigenvalue weighted by Crippen LogP contribution is 2.22. The van der Waals surface area contributed by atoms with Gasteiger partial charge >= 0.3 is 0 Å². The molecule has 2 heterocycles. The summed E-state index contributed by atoms with van der Waals surface area (Å²) in [7, 11) is 1.62. The lowest BCUT2D eigenvalue weighted by Gasteiger charge is -2.34. The number of nitrogens with zero attached hydrogens (tertiary/aromatic N) is 3. The Hall–Kier alpha value is -1.67. The molecular weight excluding hydrogens is 278 g/mol. The first kappa shape index (κ1) is 14.7. The third-order valence-electron chi connectivity index (χ3n) is 3.31. The Morgan fingerprint density at radius 2 is 2.00 bits per heavy atom. The number of amides is 2. The van der Waals surface area contributed by atoms with Crippen LogP contribution in [0.15, 0.2) is 0 Å². The summed E-state index contributed by atoms with van der Waals surface area (Å²) in [6, 6.07) is 0. The fraction of sp³-hybridized carbons (Fsp3) is 0.583. The number of aryl methyl sites for hydroxylation is 1. The minimum Gasteiger partial charge on any atom is -0.375 e. The van der Waals surface area contributed by atoms with Crippen LogP contribution in [0.3, 0.4) is 0 Å². The summed E-state index contributed by atoms with van der Waals surface area (Å²) >= 11 is 1.23. The van der Waals surface area contributed by atoms with Crippen molar-refractivity contribution in [1.29, 1.82) is 0 Å². The number of hydrogen-bond donors (Lipinski definition) is 2. The minimum atomic E-state index is -0.0173. The van der Waals surface area contributed by atoms with E-state index in [2.05, 4.69) is 10.3 Å². The fourth-order valence-corrected chi connectivity index (χ4v) is 2.95. The highest BCUT2D eigenvalue weighted by atomic mass is 32.1. The van der Waals surface area contributed by atoms with E-state index in [1.165, 1.54) is 11.3 Å². The molecule has 0 radical (unpaired) electrons. The Morgan fingerprint density at radius 3 is 2.50 bits per heavy atom. The van der Waals surface area contributed by atoms with Crippen LogP contribution in [0.5, 0.6) is 0 Å². The summed E-state index contributed by atoms with van der Waals surface area (Å²) in [5, 5.41) is 3.02. The van der Waals surface area contributed by atoms with Gasteiger partial charge in [0.25, 0.3) is 5.91 Å². The van der Waals surface area contributed by atoms with Crippen molar-refractivity contribution in [3.05, 3.63) is 10.6 Å². The molecule has 0 unspecified atom stereocenters. The number of aromatic nitrogens is 1. The largest absolute Gasteiger partial charge is 0.375 e. The van der Waals surface area contributed by atoms with E-state index >= 15 is 0 Å². The van der Waals surface area contributed by atoms with Gasteiger partial charge in [0.1, 0.15) is 4.88 Å². The van der Waals surface area contributed by atoms with Crippen LogP contribution < -0.4 is 11.1 Å². The molecule has 1 aromatic rings. The lowest BCUT2D eigenvalue weighted by Crippen LogP contribution is -2.50. The second kappa shape index (κ2) is 6.19. The van der Waals surface area contributed by atoms with E-state index in [0.717, 1.165) is 0 Å². The van der Waals surface area contributed by atoms with Crippen LogP contribution in [0.2, 0.25) is 0 Å². The molecule has 1 aromatic heterocycles. The first-order chi connectivity index (χ1) is 9.51. The monoisotopic (exact) mass is 297 g/mol. The molecule has 8 heteroatoms. The van der Waals surface area contributed by atoms with Gasteiger partial charge < -0.3 is 16.0 Å². The van der Waals surface area contributed by atoms with E-state index in [-0.39, 0.29) is 11.8 Å². The number of nitrogen functional groups attached to an aromatic ring is 1. The molecule has 0 saturated carbocycles. The van der Waals surface area contributed by atoms with E-state index in [4.69, 9.17) is 5.73 Å². The van der Waals surface area contributed by atoms with Crippen LogP contribution in [-0.4, -0.2) is 66.4 Å². The van der Waals surface area contributed by atoms with Crippen molar-refractivity contribution in [2.75, 3.05) is 45.5 Å². The summed E-state index contributed by atoms with van der Waals surface area (Å²) in [6.45, 7) is 4.81. The quantitative estimate of drug-likeness (QED) is 0.787. The number of nitrogens with one attached hydrogen (secondary N) is 1. The maximum Gasteiger partial charge on any atom is 0.266 e. The molecule has 2 rings (SSSR count). The molecule has 1 aliphatic heterocycles. The summed E-state index contributed by atoms with van der Waals surface area (Å²) in [5.41, 5.74) is 6.31. The number of nitrogens with two attached hydrogens (primary N) is 1. The van der Waals surface area contributed by atoms with Crippen molar-refractivity contribution in [3.8, 4) is 0 Å². The molecule has 20 heavy (non-hydrogen) atoms. The summed E-state index contributed by atoms with van der Waals surface area (Å²) in [5.74, 6) is -0.0212. The third kappa shape index (κ3) is 3.26. The predicted molar refractivity (Wildman–Crippen MR) is 77.7 cm³/mol. The number of thiazole rings is 1.